The Morgan fingerprint density at radius 1 is 1.23 bits per heavy atom. The molecule has 0 heterocycles. The zero-order valence-electron chi connectivity index (χ0n) is 17.0. The first-order valence-corrected chi connectivity index (χ1v) is 11.1. The third-order valence-electron chi connectivity index (χ3n) is 4.59. The summed E-state index contributed by atoms with van der Waals surface area (Å²) in [6.45, 7) is 3.42. The summed E-state index contributed by atoms with van der Waals surface area (Å²) in [6.07, 6.45) is 1.30. The Kier molecular flexibility index (Phi) is 7.49. The van der Waals surface area contributed by atoms with Crippen LogP contribution in [0.4, 0.5) is 15.8 Å². The molecule has 0 radical (unpaired) electrons. The van der Waals surface area contributed by atoms with E-state index >= 15 is 0 Å². The molecule has 0 aliphatic rings. The third kappa shape index (κ3) is 6.24. The standard InChI is InChI=1S/C20H24FN3O5S/c1-14-6-11-18(24(26)27)13-19(14)23(30(3,28)29)12-4-5-20(25)22-15(2)16-7-9-17(21)10-8-16/h6-11,13,15H,4-5,12H2,1-3H3,(H,22,25)/t15-/m0/s1. The van der Waals surface area contributed by atoms with Crippen LogP contribution in [0.5, 0.6) is 0 Å². The highest BCUT2D eigenvalue weighted by molar-refractivity contribution is 7.92. The maximum Gasteiger partial charge on any atom is 0.271 e. The lowest BCUT2D eigenvalue weighted by Crippen LogP contribution is -2.33. The molecule has 1 atom stereocenters. The topological polar surface area (TPSA) is 110 Å². The van der Waals surface area contributed by atoms with Crippen molar-refractivity contribution in [2.45, 2.75) is 32.7 Å². The fourth-order valence-corrected chi connectivity index (χ4v) is 3.99. The van der Waals surface area contributed by atoms with Crippen LogP contribution < -0.4 is 9.62 Å². The van der Waals surface area contributed by atoms with Gasteiger partial charge in [-0.3, -0.25) is 19.2 Å². The Bertz CT molecular complexity index is 1030. The molecule has 2 rings (SSSR count). The molecule has 10 heteroatoms. The van der Waals surface area contributed by atoms with E-state index in [2.05, 4.69) is 5.32 Å². The fourth-order valence-electron chi connectivity index (χ4n) is 2.98. The van der Waals surface area contributed by atoms with Gasteiger partial charge in [0.15, 0.2) is 0 Å². The predicted octanol–water partition coefficient (Wildman–Crippen LogP) is 3.47. The number of amides is 1. The molecule has 0 aromatic heterocycles. The van der Waals surface area contributed by atoms with Crippen molar-refractivity contribution in [1.82, 2.24) is 5.32 Å². The smallest absolute Gasteiger partial charge is 0.271 e. The van der Waals surface area contributed by atoms with Crippen molar-refractivity contribution in [2.24, 2.45) is 0 Å². The molecule has 30 heavy (non-hydrogen) atoms. The number of hydrogen-bond donors (Lipinski definition) is 1. The lowest BCUT2D eigenvalue weighted by molar-refractivity contribution is -0.384. The van der Waals surface area contributed by atoms with Crippen LogP contribution in [0.25, 0.3) is 0 Å². The molecule has 2 aromatic carbocycles. The first-order chi connectivity index (χ1) is 14.0. The number of sulfonamides is 1. The molecule has 0 saturated heterocycles. The van der Waals surface area contributed by atoms with Crippen molar-refractivity contribution < 1.29 is 22.5 Å². The summed E-state index contributed by atoms with van der Waals surface area (Å²) in [4.78, 5) is 22.7. The Morgan fingerprint density at radius 3 is 2.43 bits per heavy atom. The zero-order valence-corrected chi connectivity index (χ0v) is 17.8. The molecule has 0 fully saturated rings. The summed E-state index contributed by atoms with van der Waals surface area (Å²) in [5.41, 5.74) is 1.32. The van der Waals surface area contributed by atoms with Crippen molar-refractivity contribution >= 4 is 27.3 Å². The Balaban J connectivity index is 2.04. The highest BCUT2D eigenvalue weighted by atomic mass is 32.2. The van der Waals surface area contributed by atoms with Gasteiger partial charge in [-0.2, -0.15) is 0 Å². The van der Waals surface area contributed by atoms with Crippen LogP contribution in [0.15, 0.2) is 42.5 Å². The number of hydrogen-bond acceptors (Lipinski definition) is 5. The van der Waals surface area contributed by atoms with Gasteiger partial charge in [0.05, 0.1) is 22.9 Å². The Labute approximate surface area is 174 Å². The van der Waals surface area contributed by atoms with Crippen molar-refractivity contribution in [3.63, 3.8) is 0 Å². The normalized spacial score (nSPS) is 12.3. The SMILES string of the molecule is Cc1ccc([N+](=O)[O-])cc1N(CCCC(=O)N[C@@H](C)c1ccc(F)cc1)S(C)(=O)=O. The third-order valence-corrected chi connectivity index (χ3v) is 5.77. The molecule has 0 aliphatic heterocycles. The highest BCUT2D eigenvalue weighted by Crippen LogP contribution is 2.27. The second-order valence-electron chi connectivity index (χ2n) is 7.01. The number of anilines is 1. The van der Waals surface area contributed by atoms with E-state index in [1.807, 2.05) is 0 Å². The van der Waals surface area contributed by atoms with Crippen LogP contribution in [0, 0.1) is 22.9 Å². The van der Waals surface area contributed by atoms with E-state index in [9.17, 15) is 27.7 Å². The van der Waals surface area contributed by atoms with Crippen LogP contribution >= 0.6 is 0 Å². The minimum atomic E-state index is -3.71. The van der Waals surface area contributed by atoms with E-state index in [-0.39, 0.29) is 48.5 Å². The number of nitro groups is 1. The van der Waals surface area contributed by atoms with Crippen molar-refractivity contribution in [3.05, 3.63) is 69.5 Å². The summed E-state index contributed by atoms with van der Waals surface area (Å²) >= 11 is 0. The maximum absolute atomic E-state index is 13.0. The van der Waals surface area contributed by atoms with E-state index in [4.69, 9.17) is 0 Å². The minimum absolute atomic E-state index is 0.000803. The summed E-state index contributed by atoms with van der Waals surface area (Å²) < 4.78 is 38.6. The van der Waals surface area contributed by atoms with E-state index in [1.54, 1.807) is 26.0 Å². The number of nitrogens with zero attached hydrogens (tertiary/aromatic N) is 2. The van der Waals surface area contributed by atoms with E-state index < -0.39 is 14.9 Å². The van der Waals surface area contributed by atoms with Gasteiger partial charge in [-0.25, -0.2) is 12.8 Å². The van der Waals surface area contributed by atoms with Crippen LogP contribution in [0.3, 0.4) is 0 Å². The fraction of sp³-hybridized carbons (Fsp3) is 0.350. The van der Waals surface area contributed by atoms with E-state index in [0.29, 0.717) is 5.56 Å². The molecular weight excluding hydrogens is 413 g/mol. The van der Waals surface area contributed by atoms with Crippen LogP contribution in [-0.4, -0.2) is 32.0 Å². The van der Waals surface area contributed by atoms with Crippen LogP contribution in [-0.2, 0) is 14.8 Å². The van der Waals surface area contributed by atoms with Crippen molar-refractivity contribution in [3.8, 4) is 0 Å². The number of aryl methyl sites for hydroxylation is 1. The zero-order chi connectivity index (χ0) is 22.5. The summed E-state index contributed by atoms with van der Waals surface area (Å²) in [5.74, 6) is -0.648. The second-order valence-corrected chi connectivity index (χ2v) is 8.91. The summed E-state index contributed by atoms with van der Waals surface area (Å²) in [6, 6.07) is 9.46. The number of halogens is 1. The van der Waals surface area contributed by atoms with E-state index in [1.165, 1.54) is 30.3 Å². The first-order valence-electron chi connectivity index (χ1n) is 9.26. The van der Waals surface area contributed by atoms with Gasteiger partial charge < -0.3 is 5.32 Å². The molecule has 0 aliphatic carbocycles. The Morgan fingerprint density at radius 2 is 1.87 bits per heavy atom. The predicted molar refractivity (Wildman–Crippen MR) is 112 cm³/mol. The quantitative estimate of drug-likeness (QED) is 0.477. The van der Waals surface area contributed by atoms with E-state index in [0.717, 1.165) is 16.1 Å². The van der Waals surface area contributed by atoms with Crippen LogP contribution in [0.1, 0.15) is 36.9 Å². The number of carbonyl (C=O) groups excluding carboxylic acids is 1. The molecule has 1 N–H and O–H groups in total. The molecule has 0 unspecified atom stereocenters. The number of nitrogens with one attached hydrogen (secondary N) is 1. The number of nitro benzene ring substituents is 1. The number of non-ortho nitro benzene ring substituents is 1. The van der Waals surface area contributed by atoms with Gasteiger partial charge >= 0.3 is 0 Å². The van der Waals surface area contributed by atoms with Crippen molar-refractivity contribution in [2.75, 3.05) is 17.1 Å². The average molecular weight is 437 g/mol. The molecular formula is C20H24FN3O5S. The molecule has 8 nitrogen and oxygen atoms in total. The van der Waals surface area contributed by atoms with Gasteiger partial charge in [0.1, 0.15) is 5.82 Å². The van der Waals surface area contributed by atoms with Gasteiger partial charge in [-0.05, 0) is 43.5 Å². The molecule has 162 valence electrons. The first kappa shape index (κ1) is 23.3. The van der Waals surface area contributed by atoms with Gasteiger partial charge in [0.2, 0.25) is 15.9 Å². The van der Waals surface area contributed by atoms with Gasteiger partial charge in [-0.1, -0.05) is 18.2 Å². The highest BCUT2D eigenvalue weighted by Gasteiger charge is 2.22. The number of rotatable bonds is 9. The monoisotopic (exact) mass is 437 g/mol. The lowest BCUT2D eigenvalue weighted by atomic mass is 10.1. The molecule has 0 bridgehead atoms. The lowest BCUT2D eigenvalue weighted by Gasteiger charge is -2.24. The maximum atomic E-state index is 13.0. The van der Waals surface area contributed by atoms with Crippen LogP contribution in [0.2, 0.25) is 0 Å². The Hall–Kier alpha value is -3.01. The summed E-state index contributed by atoms with van der Waals surface area (Å²) in [5, 5.41) is 13.8. The summed E-state index contributed by atoms with van der Waals surface area (Å²) in [7, 11) is -3.71. The minimum Gasteiger partial charge on any atom is -0.350 e. The van der Waals surface area contributed by atoms with Crippen molar-refractivity contribution in [1.29, 1.82) is 0 Å². The molecule has 0 saturated carbocycles. The number of benzene rings is 2. The second kappa shape index (κ2) is 9.66. The average Bonchev–Trinajstić information content (AvgIpc) is 2.65. The van der Waals surface area contributed by atoms with Gasteiger partial charge in [0.25, 0.3) is 5.69 Å². The van der Waals surface area contributed by atoms with Gasteiger partial charge in [0, 0.05) is 25.1 Å². The molecule has 1 amide bonds. The molecule has 2 aromatic rings. The number of carbonyl (C=O) groups is 1. The largest absolute Gasteiger partial charge is 0.350 e. The molecule has 0 spiro atoms. The van der Waals surface area contributed by atoms with Gasteiger partial charge in [-0.15, -0.1) is 0 Å².